The molecular weight excluding hydrogens is 649 g/mol. The Morgan fingerprint density at radius 3 is 1.17 bits per heavy atom. The van der Waals surface area contributed by atoms with Crippen molar-refractivity contribution in [3.63, 3.8) is 0 Å². The standard InChI is InChI=1S/C52H62.C2H6/c1-10-25-50(8,9)45-31-37(17-16-36(45)7)38-18-23-43-44-24-20-40(34-49(44)52(28-13-4,29-14-5)48(43)32-38)39-19-22-42-41-21-15-35(6)30-46(41)51(26-11-2,27-12-3)47(42)33-39;1-2/h15-24,30-34H,10-14,25-29H2,1-9H3;1-2H3. The predicted octanol–water partition coefficient (Wildman–Crippen LogP) is 16.5. The molecule has 0 saturated heterocycles. The van der Waals surface area contributed by atoms with E-state index in [1.54, 1.807) is 22.3 Å². The van der Waals surface area contributed by atoms with E-state index < -0.39 is 0 Å². The molecule has 0 bridgehead atoms. The van der Waals surface area contributed by atoms with Crippen molar-refractivity contribution in [3.05, 3.63) is 130 Å². The Hall–Kier alpha value is -3.90. The normalized spacial score (nSPS) is 14.5. The average molecular weight is 717 g/mol. The lowest BCUT2D eigenvalue weighted by molar-refractivity contribution is 0.435. The monoisotopic (exact) mass is 717 g/mol. The maximum atomic E-state index is 2.60. The molecule has 2 aliphatic rings. The van der Waals surface area contributed by atoms with Crippen LogP contribution in [-0.4, -0.2) is 0 Å². The highest BCUT2D eigenvalue weighted by Gasteiger charge is 2.44. The van der Waals surface area contributed by atoms with Gasteiger partial charge in [-0.2, -0.15) is 0 Å². The van der Waals surface area contributed by atoms with Gasteiger partial charge in [-0.3, -0.25) is 0 Å². The highest BCUT2D eigenvalue weighted by molar-refractivity contribution is 5.88. The zero-order chi connectivity index (χ0) is 38.8. The maximum Gasteiger partial charge on any atom is 0.0215 e. The van der Waals surface area contributed by atoms with Crippen LogP contribution in [0.1, 0.15) is 165 Å². The van der Waals surface area contributed by atoms with Gasteiger partial charge in [0.05, 0.1) is 0 Å². The van der Waals surface area contributed by atoms with E-state index in [9.17, 15) is 0 Å². The Kier molecular flexibility index (Phi) is 11.8. The van der Waals surface area contributed by atoms with Crippen molar-refractivity contribution in [1.82, 2.24) is 0 Å². The lowest BCUT2D eigenvalue weighted by atomic mass is 9.70. The number of fused-ring (bicyclic) bond motifs is 6. The van der Waals surface area contributed by atoms with Crippen LogP contribution >= 0.6 is 0 Å². The van der Waals surface area contributed by atoms with Gasteiger partial charge in [0.2, 0.25) is 0 Å². The van der Waals surface area contributed by atoms with Crippen LogP contribution in [0.4, 0.5) is 0 Å². The summed E-state index contributed by atoms with van der Waals surface area (Å²) < 4.78 is 0. The second kappa shape index (κ2) is 16.1. The van der Waals surface area contributed by atoms with Gasteiger partial charge in [0.15, 0.2) is 0 Å². The van der Waals surface area contributed by atoms with E-state index in [-0.39, 0.29) is 16.2 Å². The lowest BCUT2D eigenvalue weighted by Gasteiger charge is -2.33. The Labute approximate surface area is 329 Å². The van der Waals surface area contributed by atoms with Crippen LogP contribution in [-0.2, 0) is 16.2 Å². The molecule has 5 aromatic rings. The molecule has 0 spiro atoms. The van der Waals surface area contributed by atoms with Gasteiger partial charge in [0.25, 0.3) is 0 Å². The molecule has 54 heavy (non-hydrogen) atoms. The second-order valence-corrected chi connectivity index (χ2v) is 17.2. The van der Waals surface area contributed by atoms with Gasteiger partial charge in [-0.1, -0.05) is 173 Å². The van der Waals surface area contributed by atoms with Gasteiger partial charge < -0.3 is 0 Å². The predicted molar refractivity (Wildman–Crippen MR) is 238 cm³/mol. The van der Waals surface area contributed by atoms with E-state index in [2.05, 4.69) is 153 Å². The van der Waals surface area contributed by atoms with Gasteiger partial charge in [-0.05, 0) is 147 Å². The van der Waals surface area contributed by atoms with E-state index in [1.165, 1.54) is 125 Å². The van der Waals surface area contributed by atoms with E-state index >= 15 is 0 Å². The summed E-state index contributed by atoms with van der Waals surface area (Å²) in [4.78, 5) is 0. The molecule has 0 saturated carbocycles. The molecule has 0 amide bonds. The summed E-state index contributed by atoms with van der Waals surface area (Å²) in [6.07, 6.45) is 11.8. The van der Waals surface area contributed by atoms with Gasteiger partial charge in [-0.15, -0.1) is 0 Å². The molecule has 0 unspecified atom stereocenters. The number of hydrogen-bond donors (Lipinski definition) is 0. The summed E-state index contributed by atoms with van der Waals surface area (Å²) in [6.45, 7) is 25.2. The largest absolute Gasteiger partial charge is 0.0683 e. The van der Waals surface area contributed by atoms with Crippen molar-refractivity contribution < 1.29 is 0 Å². The molecule has 0 radical (unpaired) electrons. The Morgan fingerprint density at radius 1 is 0.426 bits per heavy atom. The molecule has 0 heteroatoms. The summed E-state index contributed by atoms with van der Waals surface area (Å²) in [5, 5.41) is 0. The van der Waals surface area contributed by atoms with Crippen LogP contribution < -0.4 is 0 Å². The first kappa shape index (κ1) is 39.8. The number of aryl methyl sites for hydroxylation is 2. The fraction of sp³-hybridized carbons (Fsp3) is 0.444. The summed E-state index contributed by atoms with van der Waals surface area (Å²) in [5.74, 6) is 0. The molecule has 0 nitrogen and oxygen atoms in total. The van der Waals surface area contributed by atoms with Gasteiger partial charge in [0.1, 0.15) is 0 Å². The van der Waals surface area contributed by atoms with Gasteiger partial charge in [-0.25, -0.2) is 0 Å². The van der Waals surface area contributed by atoms with Crippen LogP contribution in [0.2, 0.25) is 0 Å². The van der Waals surface area contributed by atoms with Crippen molar-refractivity contribution in [2.75, 3.05) is 0 Å². The number of rotatable bonds is 13. The Balaban J connectivity index is 0.00000245. The smallest absolute Gasteiger partial charge is 0.0215 e. The molecule has 0 atom stereocenters. The Morgan fingerprint density at radius 2 is 0.778 bits per heavy atom. The van der Waals surface area contributed by atoms with Crippen molar-refractivity contribution in [2.45, 2.75) is 157 Å². The molecule has 0 aromatic heterocycles. The summed E-state index contributed by atoms with van der Waals surface area (Å²) in [6, 6.07) is 36.8. The molecule has 0 fully saturated rings. The van der Waals surface area contributed by atoms with Crippen molar-refractivity contribution in [1.29, 1.82) is 0 Å². The summed E-state index contributed by atoms with van der Waals surface area (Å²) in [5.41, 5.74) is 22.0. The summed E-state index contributed by atoms with van der Waals surface area (Å²) >= 11 is 0. The van der Waals surface area contributed by atoms with Crippen molar-refractivity contribution >= 4 is 0 Å². The third kappa shape index (κ3) is 6.61. The minimum Gasteiger partial charge on any atom is -0.0683 e. The highest BCUT2D eigenvalue weighted by atomic mass is 14.5. The zero-order valence-electron chi connectivity index (χ0n) is 35.7. The number of hydrogen-bond acceptors (Lipinski definition) is 0. The first-order valence-electron chi connectivity index (χ1n) is 21.7. The van der Waals surface area contributed by atoms with Crippen molar-refractivity contribution in [3.8, 4) is 44.5 Å². The van der Waals surface area contributed by atoms with E-state index in [1.807, 2.05) is 13.8 Å². The van der Waals surface area contributed by atoms with Crippen LogP contribution in [0.15, 0.2) is 91.0 Å². The third-order valence-electron chi connectivity index (χ3n) is 13.1. The molecular formula is C54H68. The molecule has 0 heterocycles. The van der Waals surface area contributed by atoms with E-state index in [0.717, 1.165) is 0 Å². The quantitative estimate of drug-likeness (QED) is 0.114. The molecule has 2 aliphatic carbocycles. The first-order chi connectivity index (χ1) is 26.1. The van der Waals surface area contributed by atoms with Gasteiger partial charge >= 0.3 is 0 Å². The first-order valence-corrected chi connectivity index (χ1v) is 21.7. The molecule has 5 aromatic carbocycles. The summed E-state index contributed by atoms with van der Waals surface area (Å²) in [7, 11) is 0. The molecule has 7 rings (SSSR count). The third-order valence-corrected chi connectivity index (χ3v) is 13.1. The number of benzene rings is 5. The lowest BCUT2D eigenvalue weighted by Crippen LogP contribution is -2.25. The second-order valence-electron chi connectivity index (χ2n) is 17.2. The van der Waals surface area contributed by atoms with Gasteiger partial charge in [0, 0.05) is 10.8 Å². The molecule has 0 aliphatic heterocycles. The van der Waals surface area contributed by atoms with Crippen LogP contribution in [0.25, 0.3) is 44.5 Å². The van der Waals surface area contributed by atoms with E-state index in [0.29, 0.717) is 0 Å². The fourth-order valence-corrected chi connectivity index (χ4v) is 11.0. The fourth-order valence-electron chi connectivity index (χ4n) is 11.0. The SMILES string of the molecule is CC.CCCC(C)(C)c1cc(-c2ccc3c(c2)C(CCC)(CCC)c2cc(-c4ccc5c(c4)C(CCC)(CCC)c4cc(C)ccc4-5)ccc2-3)ccc1C. The van der Waals surface area contributed by atoms with Crippen LogP contribution in [0, 0.1) is 13.8 Å². The van der Waals surface area contributed by atoms with Crippen molar-refractivity contribution in [2.24, 2.45) is 0 Å². The molecule has 284 valence electrons. The minimum absolute atomic E-state index is 0.0217. The van der Waals surface area contributed by atoms with Crippen LogP contribution in [0.5, 0.6) is 0 Å². The van der Waals surface area contributed by atoms with Crippen LogP contribution in [0.3, 0.4) is 0 Å². The highest BCUT2D eigenvalue weighted by Crippen LogP contribution is 2.57. The topological polar surface area (TPSA) is 0 Å². The minimum atomic E-state index is 0.0217. The van der Waals surface area contributed by atoms with E-state index in [4.69, 9.17) is 0 Å². The zero-order valence-corrected chi connectivity index (χ0v) is 35.7. The average Bonchev–Trinajstić information content (AvgIpc) is 3.58. The maximum absolute atomic E-state index is 2.60. The Bertz CT molecular complexity index is 2090. The molecule has 0 N–H and O–H groups in total.